The summed E-state index contributed by atoms with van der Waals surface area (Å²) in [6.45, 7) is 3.57. The molecule has 0 amide bonds. The lowest BCUT2D eigenvalue weighted by atomic mass is 9.92. The number of nitrogens with two attached hydrogens (primary N) is 1. The number of rotatable bonds is 9. The highest BCUT2D eigenvalue weighted by atomic mass is 32.2. The van der Waals surface area contributed by atoms with Gasteiger partial charge in [-0.2, -0.15) is 4.98 Å². The van der Waals surface area contributed by atoms with Gasteiger partial charge in [0, 0.05) is 28.8 Å². The highest BCUT2D eigenvalue weighted by Gasteiger charge is 2.27. The fourth-order valence-electron chi connectivity index (χ4n) is 4.68. The molecule has 0 spiro atoms. The van der Waals surface area contributed by atoms with Crippen LogP contribution in [0, 0.1) is 6.92 Å². The van der Waals surface area contributed by atoms with Crippen molar-refractivity contribution in [2.75, 3.05) is 36.5 Å². The fraction of sp³-hybridized carbons (Fsp3) is 0.500. The summed E-state index contributed by atoms with van der Waals surface area (Å²) >= 11 is 0. The Kier molecular flexibility index (Phi) is 7.95. The predicted molar refractivity (Wildman–Crippen MR) is 140 cm³/mol. The standard InChI is InChI=1S/C24H32N6O6S/c1-4-37(33,34)29-20-11-15(13-26-22(20)35-3)19-12-18-14(2)27-24(25)28-21(18)30(23(19)32)16-5-7-17(8-6-16)36-10-9-31/h11-13,16-17,29,31H,4-10H2,1-3H3,(H2,25,27,28)/t16-,17-. The number of aromatic nitrogens is 4. The number of aryl methyl sites for hydroxylation is 1. The highest BCUT2D eigenvalue weighted by molar-refractivity contribution is 7.92. The first-order chi connectivity index (χ1) is 17.7. The summed E-state index contributed by atoms with van der Waals surface area (Å²) in [5.41, 5.74) is 7.62. The molecule has 0 unspecified atom stereocenters. The third-order valence-corrected chi connectivity index (χ3v) is 7.85. The second-order valence-electron chi connectivity index (χ2n) is 8.95. The molecule has 1 aliphatic rings. The van der Waals surface area contributed by atoms with E-state index in [0.717, 1.165) is 12.8 Å². The van der Waals surface area contributed by atoms with E-state index in [9.17, 15) is 13.2 Å². The molecular formula is C24H32N6O6S. The van der Waals surface area contributed by atoms with Gasteiger partial charge in [0.25, 0.3) is 5.56 Å². The van der Waals surface area contributed by atoms with E-state index in [1.807, 2.05) is 0 Å². The smallest absolute Gasteiger partial charge is 0.260 e. The number of nitrogens with one attached hydrogen (secondary N) is 1. The summed E-state index contributed by atoms with van der Waals surface area (Å²) in [6, 6.07) is 3.08. The molecule has 0 aliphatic heterocycles. The Bertz CT molecular complexity index is 1450. The molecule has 1 fully saturated rings. The summed E-state index contributed by atoms with van der Waals surface area (Å²) in [7, 11) is -2.22. The first-order valence-electron chi connectivity index (χ1n) is 12.1. The number of hydrogen-bond acceptors (Lipinski definition) is 10. The van der Waals surface area contributed by atoms with Gasteiger partial charge in [0.05, 0.1) is 37.9 Å². The number of sulfonamides is 1. The molecule has 4 N–H and O–H groups in total. The molecule has 0 aromatic carbocycles. The van der Waals surface area contributed by atoms with Gasteiger partial charge in [-0.05, 0) is 51.7 Å². The molecular weight excluding hydrogens is 500 g/mol. The molecule has 0 bridgehead atoms. The first kappa shape index (κ1) is 26.8. The number of ether oxygens (including phenoxy) is 2. The van der Waals surface area contributed by atoms with Crippen molar-refractivity contribution in [3.8, 4) is 17.0 Å². The van der Waals surface area contributed by atoms with Gasteiger partial charge in [0.2, 0.25) is 21.9 Å². The second kappa shape index (κ2) is 11.0. The quantitative estimate of drug-likeness (QED) is 0.370. The molecule has 37 heavy (non-hydrogen) atoms. The van der Waals surface area contributed by atoms with E-state index >= 15 is 0 Å². The third kappa shape index (κ3) is 5.68. The number of nitrogens with zero attached hydrogens (tertiary/aromatic N) is 4. The largest absolute Gasteiger partial charge is 0.480 e. The number of aliphatic hydroxyl groups is 1. The van der Waals surface area contributed by atoms with Gasteiger partial charge < -0.3 is 20.3 Å². The first-order valence-corrected chi connectivity index (χ1v) is 13.8. The van der Waals surface area contributed by atoms with Crippen LogP contribution in [-0.4, -0.2) is 65.2 Å². The Labute approximate surface area is 214 Å². The van der Waals surface area contributed by atoms with E-state index in [0.29, 0.717) is 40.7 Å². The van der Waals surface area contributed by atoms with E-state index < -0.39 is 10.0 Å². The number of methoxy groups -OCH3 is 1. The zero-order chi connectivity index (χ0) is 26.7. The fourth-order valence-corrected chi connectivity index (χ4v) is 5.31. The summed E-state index contributed by atoms with van der Waals surface area (Å²) in [5.74, 6) is 0.0369. The number of aliphatic hydroxyl groups excluding tert-OH is 1. The molecule has 0 atom stereocenters. The normalized spacial score (nSPS) is 18.2. The van der Waals surface area contributed by atoms with Crippen molar-refractivity contribution in [1.82, 2.24) is 19.5 Å². The van der Waals surface area contributed by atoms with E-state index in [1.165, 1.54) is 20.2 Å². The van der Waals surface area contributed by atoms with Gasteiger partial charge in [-0.15, -0.1) is 0 Å². The van der Waals surface area contributed by atoms with Crippen LogP contribution >= 0.6 is 0 Å². The van der Waals surface area contributed by atoms with Gasteiger partial charge in [-0.3, -0.25) is 14.1 Å². The van der Waals surface area contributed by atoms with Crippen LogP contribution in [0.15, 0.2) is 23.1 Å². The zero-order valence-electron chi connectivity index (χ0n) is 21.1. The maximum absolute atomic E-state index is 14.0. The van der Waals surface area contributed by atoms with Crippen molar-refractivity contribution in [3.05, 3.63) is 34.4 Å². The lowest BCUT2D eigenvalue weighted by Gasteiger charge is -2.30. The van der Waals surface area contributed by atoms with Crippen LogP contribution in [0.3, 0.4) is 0 Å². The Morgan fingerprint density at radius 3 is 2.59 bits per heavy atom. The summed E-state index contributed by atoms with van der Waals surface area (Å²) in [4.78, 5) is 26.9. The van der Waals surface area contributed by atoms with Crippen molar-refractivity contribution < 1.29 is 23.0 Å². The van der Waals surface area contributed by atoms with E-state index in [1.54, 1.807) is 23.6 Å². The van der Waals surface area contributed by atoms with Crippen LogP contribution in [0.5, 0.6) is 5.88 Å². The van der Waals surface area contributed by atoms with Gasteiger partial charge in [-0.1, -0.05) is 0 Å². The SMILES string of the molecule is CCS(=O)(=O)Nc1cc(-c2cc3c(C)nc(N)nc3n([C@H]3CC[C@H](OCCO)CC3)c2=O)cnc1OC. The van der Waals surface area contributed by atoms with Crippen molar-refractivity contribution in [3.63, 3.8) is 0 Å². The molecule has 3 heterocycles. The summed E-state index contributed by atoms with van der Waals surface area (Å²) in [5, 5.41) is 9.72. The third-order valence-electron chi connectivity index (χ3n) is 6.55. The number of nitrogen functional groups attached to an aromatic ring is 1. The molecule has 12 nitrogen and oxygen atoms in total. The molecule has 3 aromatic heterocycles. The highest BCUT2D eigenvalue weighted by Crippen LogP contribution is 2.34. The zero-order valence-corrected chi connectivity index (χ0v) is 21.9. The minimum absolute atomic E-state index is 0.0231. The minimum Gasteiger partial charge on any atom is -0.480 e. The number of hydrogen-bond donors (Lipinski definition) is 3. The molecule has 200 valence electrons. The van der Waals surface area contributed by atoms with Crippen LogP contribution in [0.2, 0.25) is 0 Å². The molecule has 0 saturated heterocycles. The topological polar surface area (TPSA) is 172 Å². The molecule has 0 radical (unpaired) electrons. The van der Waals surface area contributed by atoms with Crippen LogP contribution in [0.4, 0.5) is 11.6 Å². The van der Waals surface area contributed by atoms with Gasteiger partial charge in [0.1, 0.15) is 11.3 Å². The van der Waals surface area contributed by atoms with Crippen molar-refractivity contribution in [2.24, 2.45) is 0 Å². The van der Waals surface area contributed by atoms with Crippen LogP contribution in [-0.2, 0) is 14.8 Å². The average molecular weight is 533 g/mol. The van der Waals surface area contributed by atoms with E-state index in [4.69, 9.17) is 20.3 Å². The molecule has 1 saturated carbocycles. The van der Waals surface area contributed by atoms with Gasteiger partial charge >= 0.3 is 0 Å². The van der Waals surface area contributed by atoms with Crippen molar-refractivity contribution in [1.29, 1.82) is 0 Å². The van der Waals surface area contributed by atoms with E-state index in [-0.39, 0.29) is 54.2 Å². The minimum atomic E-state index is -3.61. The summed E-state index contributed by atoms with van der Waals surface area (Å²) in [6.07, 6.45) is 4.32. The lowest BCUT2D eigenvalue weighted by molar-refractivity contribution is 0.00169. The molecule has 3 aromatic rings. The van der Waals surface area contributed by atoms with E-state index in [2.05, 4.69) is 19.7 Å². The average Bonchev–Trinajstić information content (AvgIpc) is 2.87. The van der Waals surface area contributed by atoms with Crippen LogP contribution in [0.1, 0.15) is 44.3 Å². The van der Waals surface area contributed by atoms with Crippen LogP contribution < -0.4 is 20.8 Å². The summed E-state index contributed by atoms with van der Waals surface area (Å²) < 4.78 is 39.6. The Morgan fingerprint density at radius 1 is 1.22 bits per heavy atom. The maximum Gasteiger partial charge on any atom is 0.260 e. The molecule has 4 rings (SSSR count). The van der Waals surface area contributed by atoms with Crippen molar-refractivity contribution in [2.45, 2.75) is 51.7 Å². The van der Waals surface area contributed by atoms with Crippen LogP contribution in [0.25, 0.3) is 22.2 Å². The molecule has 1 aliphatic carbocycles. The Hall–Kier alpha value is -3.29. The van der Waals surface area contributed by atoms with Crippen molar-refractivity contribution >= 4 is 32.7 Å². The lowest BCUT2D eigenvalue weighted by Crippen LogP contribution is -2.32. The predicted octanol–water partition coefficient (Wildman–Crippen LogP) is 2.01. The number of fused-ring (bicyclic) bond motifs is 1. The van der Waals surface area contributed by atoms with Gasteiger partial charge in [0.15, 0.2) is 0 Å². The maximum atomic E-state index is 14.0. The monoisotopic (exact) mass is 532 g/mol. The Balaban J connectivity index is 1.85. The molecule has 13 heteroatoms. The number of pyridine rings is 2. The Morgan fingerprint density at radius 2 is 1.95 bits per heavy atom. The van der Waals surface area contributed by atoms with Gasteiger partial charge in [-0.25, -0.2) is 18.4 Å². The second-order valence-corrected chi connectivity index (χ2v) is 11.0. The number of anilines is 2.